The van der Waals surface area contributed by atoms with Crippen molar-refractivity contribution in [3.63, 3.8) is 0 Å². The molecule has 1 aromatic heterocycles. The number of methoxy groups -OCH3 is 1. The Morgan fingerprint density at radius 3 is 2.51 bits per heavy atom. The molecule has 0 bridgehead atoms. The molecule has 1 aromatic carbocycles. The van der Waals surface area contributed by atoms with Crippen molar-refractivity contribution in [2.75, 3.05) is 56.6 Å². The zero-order valence-corrected chi connectivity index (χ0v) is 20.9. The second-order valence-electron chi connectivity index (χ2n) is 9.99. The summed E-state index contributed by atoms with van der Waals surface area (Å²) in [5.74, 6) is 2.51. The van der Waals surface area contributed by atoms with Gasteiger partial charge < -0.3 is 19.9 Å². The molecule has 1 atom stereocenters. The summed E-state index contributed by atoms with van der Waals surface area (Å²) in [5.41, 5.74) is 0.654. The number of para-hydroxylation sites is 1. The van der Waals surface area contributed by atoms with E-state index in [1.54, 1.807) is 7.11 Å². The van der Waals surface area contributed by atoms with Gasteiger partial charge in [-0.2, -0.15) is 4.98 Å². The van der Waals surface area contributed by atoms with Crippen LogP contribution >= 0.6 is 0 Å². The van der Waals surface area contributed by atoms with Crippen molar-refractivity contribution in [3.8, 4) is 5.75 Å². The Morgan fingerprint density at radius 2 is 1.74 bits per heavy atom. The molecule has 0 radical (unpaired) electrons. The lowest BCUT2D eigenvalue weighted by Crippen LogP contribution is -2.46. The number of anilines is 2. The molecule has 0 spiro atoms. The number of piperidine rings is 1. The van der Waals surface area contributed by atoms with Gasteiger partial charge in [-0.15, -0.1) is 0 Å². The highest BCUT2D eigenvalue weighted by Gasteiger charge is 2.32. The van der Waals surface area contributed by atoms with E-state index < -0.39 is 0 Å². The fourth-order valence-corrected chi connectivity index (χ4v) is 5.74. The molecule has 1 N–H and O–H groups in total. The van der Waals surface area contributed by atoms with Gasteiger partial charge >= 0.3 is 0 Å². The lowest BCUT2D eigenvalue weighted by atomic mass is 10.0. The van der Waals surface area contributed by atoms with Crippen LogP contribution in [0, 0.1) is 0 Å². The van der Waals surface area contributed by atoms with Crippen molar-refractivity contribution < 1.29 is 9.53 Å². The molecule has 1 amide bonds. The summed E-state index contributed by atoms with van der Waals surface area (Å²) in [5, 5.41) is 3.60. The number of hydrogen-bond acceptors (Lipinski definition) is 7. The SMILES string of the molecule is COc1ccccc1C(=O)N1CCC(N2CCC(Nc3nccc(N4CCCCCC4)n3)C2)CC1. The van der Waals surface area contributed by atoms with E-state index in [0.29, 0.717) is 23.4 Å². The molecule has 3 saturated heterocycles. The predicted octanol–water partition coefficient (Wildman–Crippen LogP) is 3.66. The average Bonchev–Trinajstić information content (AvgIpc) is 3.20. The molecule has 8 nitrogen and oxygen atoms in total. The van der Waals surface area contributed by atoms with Gasteiger partial charge in [0.25, 0.3) is 5.91 Å². The number of amides is 1. The maximum Gasteiger partial charge on any atom is 0.257 e. The van der Waals surface area contributed by atoms with E-state index in [4.69, 9.17) is 9.72 Å². The monoisotopic (exact) mass is 478 g/mol. The van der Waals surface area contributed by atoms with Crippen LogP contribution in [0.4, 0.5) is 11.8 Å². The molecule has 0 saturated carbocycles. The summed E-state index contributed by atoms with van der Waals surface area (Å²) in [7, 11) is 1.62. The van der Waals surface area contributed by atoms with Gasteiger partial charge in [0, 0.05) is 57.5 Å². The predicted molar refractivity (Wildman–Crippen MR) is 138 cm³/mol. The second-order valence-corrected chi connectivity index (χ2v) is 9.99. The van der Waals surface area contributed by atoms with Gasteiger partial charge in [0.05, 0.1) is 12.7 Å². The number of rotatable bonds is 6. The molecule has 3 aliphatic rings. The van der Waals surface area contributed by atoms with Crippen LogP contribution in [0.3, 0.4) is 0 Å². The summed E-state index contributed by atoms with van der Waals surface area (Å²) in [6.07, 6.45) is 10.1. The molecule has 35 heavy (non-hydrogen) atoms. The van der Waals surface area contributed by atoms with Crippen LogP contribution in [-0.4, -0.2) is 84.1 Å². The summed E-state index contributed by atoms with van der Waals surface area (Å²) >= 11 is 0. The number of nitrogens with one attached hydrogen (secondary N) is 1. The number of ether oxygens (including phenoxy) is 1. The average molecular weight is 479 g/mol. The molecule has 188 valence electrons. The number of aromatic nitrogens is 2. The summed E-state index contributed by atoms with van der Waals surface area (Å²) < 4.78 is 5.39. The largest absolute Gasteiger partial charge is 0.496 e. The zero-order chi connectivity index (χ0) is 24.0. The minimum absolute atomic E-state index is 0.0725. The Balaban J connectivity index is 1.12. The zero-order valence-electron chi connectivity index (χ0n) is 20.9. The van der Waals surface area contributed by atoms with E-state index in [0.717, 1.165) is 70.3 Å². The smallest absolute Gasteiger partial charge is 0.257 e. The number of nitrogens with zero attached hydrogens (tertiary/aromatic N) is 5. The van der Waals surface area contributed by atoms with Crippen LogP contribution in [0.2, 0.25) is 0 Å². The van der Waals surface area contributed by atoms with E-state index in [-0.39, 0.29) is 5.91 Å². The Morgan fingerprint density at radius 1 is 0.971 bits per heavy atom. The Hall–Kier alpha value is -2.87. The minimum atomic E-state index is 0.0725. The molecular weight excluding hydrogens is 440 g/mol. The number of carbonyl (C=O) groups excluding carboxylic acids is 1. The minimum Gasteiger partial charge on any atom is -0.496 e. The highest BCUT2D eigenvalue weighted by Crippen LogP contribution is 2.26. The first-order valence-corrected chi connectivity index (χ1v) is 13.2. The van der Waals surface area contributed by atoms with E-state index in [1.807, 2.05) is 41.4 Å². The molecular formula is C27H38N6O2. The van der Waals surface area contributed by atoms with Crippen LogP contribution in [-0.2, 0) is 0 Å². The van der Waals surface area contributed by atoms with Crippen molar-refractivity contribution in [2.45, 2.75) is 57.0 Å². The maximum absolute atomic E-state index is 13.0. The van der Waals surface area contributed by atoms with Crippen LogP contribution < -0.4 is 15.0 Å². The van der Waals surface area contributed by atoms with Crippen LogP contribution in [0.1, 0.15) is 55.3 Å². The van der Waals surface area contributed by atoms with Gasteiger partial charge in [0.2, 0.25) is 5.95 Å². The molecule has 0 aliphatic carbocycles. The third-order valence-electron chi connectivity index (χ3n) is 7.73. The van der Waals surface area contributed by atoms with Gasteiger partial charge in [-0.25, -0.2) is 4.98 Å². The molecule has 1 unspecified atom stereocenters. The fourth-order valence-electron chi connectivity index (χ4n) is 5.74. The lowest BCUT2D eigenvalue weighted by Gasteiger charge is -2.37. The van der Waals surface area contributed by atoms with E-state index in [1.165, 1.54) is 25.7 Å². The van der Waals surface area contributed by atoms with E-state index >= 15 is 0 Å². The quantitative estimate of drug-likeness (QED) is 0.679. The number of carbonyl (C=O) groups is 1. The molecule has 2 aromatic rings. The van der Waals surface area contributed by atoms with Crippen molar-refractivity contribution >= 4 is 17.7 Å². The Labute approximate surface area is 208 Å². The van der Waals surface area contributed by atoms with Crippen molar-refractivity contribution in [1.29, 1.82) is 0 Å². The number of benzene rings is 1. The molecule has 4 heterocycles. The molecule has 5 rings (SSSR count). The summed E-state index contributed by atoms with van der Waals surface area (Å²) in [4.78, 5) is 29.3. The Kier molecular flexibility index (Phi) is 7.66. The van der Waals surface area contributed by atoms with Crippen LogP contribution in [0.15, 0.2) is 36.5 Å². The van der Waals surface area contributed by atoms with E-state index in [9.17, 15) is 4.79 Å². The second kappa shape index (κ2) is 11.2. The molecule has 3 aliphatic heterocycles. The standard InChI is InChI=1S/C27H38N6O2/c1-35-24-9-5-4-8-23(24)26(34)32-18-12-22(13-19-32)33-17-11-21(20-33)29-27-28-14-10-25(30-27)31-15-6-2-3-7-16-31/h4-5,8-10,14,21-22H,2-3,6-7,11-13,15-20H2,1H3,(H,28,29,30). The Bertz CT molecular complexity index is 985. The third kappa shape index (κ3) is 5.69. The van der Waals surface area contributed by atoms with Gasteiger partial charge in [-0.05, 0) is 50.3 Å². The van der Waals surface area contributed by atoms with Crippen molar-refractivity contribution in [2.24, 2.45) is 0 Å². The summed E-state index contributed by atoms with van der Waals surface area (Å²) in [6, 6.07) is 10.4. The summed E-state index contributed by atoms with van der Waals surface area (Å²) in [6.45, 7) is 5.84. The fraction of sp³-hybridized carbons (Fsp3) is 0.593. The topological polar surface area (TPSA) is 73.8 Å². The highest BCUT2D eigenvalue weighted by molar-refractivity contribution is 5.97. The first-order chi connectivity index (χ1) is 17.2. The van der Waals surface area contributed by atoms with Crippen LogP contribution in [0.5, 0.6) is 5.75 Å². The maximum atomic E-state index is 13.0. The van der Waals surface area contributed by atoms with E-state index in [2.05, 4.69) is 20.1 Å². The van der Waals surface area contributed by atoms with Gasteiger partial charge in [-0.1, -0.05) is 25.0 Å². The molecule has 8 heteroatoms. The van der Waals surface area contributed by atoms with Crippen LogP contribution in [0.25, 0.3) is 0 Å². The normalized spacial score (nSPS) is 22.1. The van der Waals surface area contributed by atoms with Crippen molar-refractivity contribution in [1.82, 2.24) is 19.8 Å². The van der Waals surface area contributed by atoms with Crippen molar-refractivity contribution in [3.05, 3.63) is 42.1 Å². The lowest BCUT2D eigenvalue weighted by molar-refractivity contribution is 0.0640. The first-order valence-electron chi connectivity index (χ1n) is 13.2. The van der Waals surface area contributed by atoms with Gasteiger partial charge in [0.15, 0.2) is 0 Å². The van der Waals surface area contributed by atoms with Gasteiger partial charge in [-0.3, -0.25) is 9.69 Å². The van der Waals surface area contributed by atoms with Gasteiger partial charge in [0.1, 0.15) is 11.6 Å². The number of hydrogen-bond donors (Lipinski definition) is 1. The molecule has 3 fully saturated rings. The highest BCUT2D eigenvalue weighted by atomic mass is 16.5. The third-order valence-corrected chi connectivity index (χ3v) is 7.73. The first kappa shape index (κ1) is 23.9. The number of likely N-dealkylation sites (tertiary alicyclic amines) is 2.